The van der Waals surface area contributed by atoms with Gasteiger partial charge in [-0.15, -0.1) is 0 Å². The Morgan fingerprint density at radius 1 is 1.44 bits per heavy atom. The summed E-state index contributed by atoms with van der Waals surface area (Å²) in [4.78, 5) is 14.7. The number of nitrogens with zero attached hydrogens (tertiary/aromatic N) is 2. The van der Waals surface area contributed by atoms with Crippen molar-refractivity contribution in [1.82, 2.24) is 9.55 Å². The van der Waals surface area contributed by atoms with Crippen LogP contribution in [0.2, 0.25) is 0 Å². The van der Waals surface area contributed by atoms with Crippen molar-refractivity contribution in [2.75, 3.05) is 6.61 Å². The van der Waals surface area contributed by atoms with Crippen LogP contribution in [0.5, 0.6) is 6.01 Å². The Morgan fingerprint density at radius 2 is 2.25 bits per heavy atom. The molecule has 0 amide bonds. The maximum Gasteiger partial charge on any atom is 0.302 e. The van der Waals surface area contributed by atoms with E-state index in [1.54, 1.807) is 0 Å². The summed E-state index contributed by atoms with van der Waals surface area (Å²) in [5.74, 6) is 0. The van der Waals surface area contributed by atoms with Crippen molar-refractivity contribution < 1.29 is 19.7 Å². The highest BCUT2D eigenvalue weighted by molar-refractivity contribution is 5.06. The van der Waals surface area contributed by atoms with E-state index in [-0.39, 0.29) is 12.6 Å². The monoisotopic (exact) mass is 226 g/mol. The van der Waals surface area contributed by atoms with Gasteiger partial charge in [0, 0.05) is 12.3 Å². The molecule has 1 fully saturated rings. The van der Waals surface area contributed by atoms with Gasteiger partial charge < -0.3 is 19.7 Å². The molecule has 0 radical (unpaired) electrons. The minimum absolute atomic E-state index is 0.0607. The second-order valence-electron chi connectivity index (χ2n) is 3.81. The number of aromatic nitrogens is 2. The molecule has 0 saturated carbocycles. The lowest BCUT2D eigenvalue weighted by molar-refractivity contribution is -0.0317. The SMILES string of the molecule is O=c1ccn2c(n1)OCC1OC2C(O)C1O. The summed E-state index contributed by atoms with van der Waals surface area (Å²) in [6, 6.07) is 1.35. The first-order valence-electron chi connectivity index (χ1n) is 4.90. The first-order chi connectivity index (χ1) is 7.66. The minimum Gasteiger partial charge on any atom is -0.462 e. The third-order valence-corrected chi connectivity index (χ3v) is 2.79. The van der Waals surface area contributed by atoms with Crippen LogP contribution < -0.4 is 10.3 Å². The molecule has 4 unspecified atom stereocenters. The van der Waals surface area contributed by atoms with E-state index >= 15 is 0 Å². The Balaban J connectivity index is 2.10. The third-order valence-electron chi connectivity index (χ3n) is 2.79. The molecule has 86 valence electrons. The molecular weight excluding hydrogens is 216 g/mol. The van der Waals surface area contributed by atoms with E-state index in [0.29, 0.717) is 0 Å². The molecule has 7 nitrogen and oxygen atoms in total. The molecule has 1 aromatic heterocycles. The Bertz CT molecular complexity index is 473. The molecule has 0 aromatic carbocycles. The summed E-state index contributed by atoms with van der Waals surface area (Å²) >= 11 is 0. The first kappa shape index (κ1) is 9.76. The summed E-state index contributed by atoms with van der Waals surface area (Å²) in [6.07, 6.45) is -1.96. The van der Waals surface area contributed by atoms with Crippen molar-refractivity contribution in [1.29, 1.82) is 0 Å². The molecular formula is C9H10N2O5. The van der Waals surface area contributed by atoms with Crippen molar-refractivity contribution in [2.45, 2.75) is 24.5 Å². The highest BCUT2D eigenvalue weighted by Crippen LogP contribution is 2.33. The summed E-state index contributed by atoms with van der Waals surface area (Å²) in [5.41, 5.74) is -0.418. The van der Waals surface area contributed by atoms with Crippen LogP contribution in [0.25, 0.3) is 0 Å². The molecule has 4 atom stereocenters. The van der Waals surface area contributed by atoms with Crippen LogP contribution in [-0.2, 0) is 4.74 Å². The predicted octanol–water partition coefficient (Wildman–Crippen LogP) is -1.75. The molecule has 1 saturated heterocycles. The van der Waals surface area contributed by atoms with Crippen molar-refractivity contribution in [3.8, 4) is 6.01 Å². The second kappa shape index (κ2) is 3.27. The number of aliphatic hydroxyl groups excluding tert-OH is 2. The predicted molar refractivity (Wildman–Crippen MR) is 49.9 cm³/mol. The maximum absolute atomic E-state index is 11.0. The quantitative estimate of drug-likeness (QED) is 0.545. The fraction of sp³-hybridized carbons (Fsp3) is 0.556. The van der Waals surface area contributed by atoms with Crippen molar-refractivity contribution in [3.63, 3.8) is 0 Å². The Hall–Kier alpha value is -1.44. The minimum atomic E-state index is -1.04. The number of fused-ring (bicyclic) bond motifs is 4. The van der Waals surface area contributed by atoms with Gasteiger partial charge in [-0.3, -0.25) is 9.36 Å². The number of ether oxygens (including phenoxy) is 2. The average Bonchev–Trinajstić information content (AvgIpc) is 2.48. The van der Waals surface area contributed by atoms with E-state index in [2.05, 4.69) is 4.98 Å². The number of aliphatic hydroxyl groups is 2. The van der Waals surface area contributed by atoms with Crippen LogP contribution in [-0.4, -0.2) is 44.7 Å². The number of hydrogen-bond acceptors (Lipinski definition) is 6. The van der Waals surface area contributed by atoms with Gasteiger partial charge in [-0.25, -0.2) is 0 Å². The summed E-state index contributed by atoms with van der Waals surface area (Å²) < 4.78 is 12.1. The second-order valence-corrected chi connectivity index (χ2v) is 3.81. The molecule has 2 aliphatic rings. The zero-order chi connectivity index (χ0) is 11.3. The molecule has 1 aromatic rings. The molecule has 2 bridgehead atoms. The van der Waals surface area contributed by atoms with Crippen LogP contribution in [0.15, 0.2) is 17.1 Å². The van der Waals surface area contributed by atoms with Crippen LogP contribution in [0.1, 0.15) is 6.23 Å². The largest absolute Gasteiger partial charge is 0.462 e. The molecule has 16 heavy (non-hydrogen) atoms. The summed E-state index contributed by atoms with van der Waals surface area (Å²) in [5, 5.41) is 19.4. The van der Waals surface area contributed by atoms with Gasteiger partial charge in [0.15, 0.2) is 6.23 Å². The van der Waals surface area contributed by atoms with E-state index in [1.165, 1.54) is 16.8 Å². The molecule has 0 aliphatic carbocycles. The topological polar surface area (TPSA) is 93.8 Å². The van der Waals surface area contributed by atoms with E-state index in [1.807, 2.05) is 0 Å². The molecule has 3 heterocycles. The normalized spacial score (nSPS) is 36.4. The smallest absolute Gasteiger partial charge is 0.302 e. The molecule has 2 N–H and O–H groups in total. The van der Waals surface area contributed by atoms with Gasteiger partial charge in [0.25, 0.3) is 5.56 Å². The van der Waals surface area contributed by atoms with E-state index in [9.17, 15) is 15.0 Å². The highest BCUT2D eigenvalue weighted by Gasteiger charge is 2.46. The van der Waals surface area contributed by atoms with Crippen LogP contribution >= 0.6 is 0 Å². The van der Waals surface area contributed by atoms with Gasteiger partial charge in [0.2, 0.25) is 0 Å². The lowest BCUT2D eigenvalue weighted by Crippen LogP contribution is -2.37. The number of hydrogen-bond donors (Lipinski definition) is 2. The van der Waals surface area contributed by atoms with Crippen molar-refractivity contribution in [2.24, 2.45) is 0 Å². The third kappa shape index (κ3) is 1.26. The fourth-order valence-electron chi connectivity index (χ4n) is 1.95. The molecule has 3 rings (SSSR count). The van der Waals surface area contributed by atoms with Gasteiger partial charge in [-0.05, 0) is 0 Å². The maximum atomic E-state index is 11.0. The summed E-state index contributed by atoms with van der Waals surface area (Å²) in [7, 11) is 0. The fourth-order valence-corrected chi connectivity index (χ4v) is 1.95. The standard InChI is InChI=1S/C9H10N2O5/c12-5-1-2-11-8-7(14)6(13)4(16-8)3-15-9(11)10-5/h1-2,4,6-8,13-14H,3H2. The Labute approximate surface area is 89.9 Å². The lowest BCUT2D eigenvalue weighted by atomic mass is 10.1. The van der Waals surface area contributed by atoms with Crippen molar-refractivity contribution >= 4 is 0 Å². The lowest BCUT2D eigenvalue weighted by Gasteiger charge is -2.20. The van der Waals surface area contributed by atoms with Gasteiger partial charge in [0.05, 0.1) is 0 Å². The van der Waals surface area contributed by atoms with E-state index < -0.39 is 30.1 Å². The highest BCUT2D eigenvalue weighted by atomic mass is 16.6. The van der Waals surface area contributed by atoms with Crippen LogP contribution in [0.3, 0.4) is 0 Å². The Morgan fingerprint density at radius 3 is 3.06 bits per heavy atom. The van der Waals surface area contributed by atoms with Crippen molar-refractivity contribution in [3.05, 3.63) is 22.6 Å². The van der Waals surface area contributed by atoms with Gasteiger partial charge >= 0.3 is 6.01 Å². The van der Waals surface area contributed by atoms with E-state index in [0.717, 1.165) is 0 Å². The van der Waals surface area contributed by atoms with Crippen LogP contribution in [0.4, 0.5) is 0 Å². The number of rotatable bonds is 0. The zero-order valence-electron chi connectivity index (χ0n) is 8.18. The van der Waals surface area contributed by atoms with Gasteiger partial charge in [-0.1, -0.05) is 0 Å². The Kier molecular flexibility index (Phi) is 2.00. The summed E-state index contributed by atoms with van der Waals surface area (Å²) in [6.45, 7) is 0.0607. The molecule has 2 aliphatic heterocycles. The average molecular weight is 226 g/mol. The van der Waals surface area contributed by atoms with Gasteiger partial charge in [0.1, 0.15) is 24.9 Å². The van der Waals surface area contributed by atoms with Gasteiger partial charge in [-0.2, -0.15) is 4.98 Å². The molecule has 0 spiro atoms. The van der Waals surface area contributed by atoms with Crippen LogP contribution in [0, 0.1) is 0 Å². The zero-order valence-corrected chi connectivity index (χ0v) is 8.18. The molecule has 7 heteroatoms. The first-order valence-corrected chi connectivity index (χ1v) is 4.90. The van der Waals surface area contributed by atoms with E-state index in [4.69, 9.17) is 9.47 Å².